The second kappa shape index (κ2) is 11.0. The molecule has 0 radical (unpaired) electrons. The third kappa shape index (κ3) is 7.52. The van der Waals surface area contributed by atoms with E-state index in [0.717, 1.165) is 18.4 Å². The van der Waals surface area contributed by atoms with Gasteiger partial charge in [0.25, 0.3) is 0 Å². The first-order chi connectivity index (χ1) is 12.1. The third-order valence-electron chi connectivity index (χ3n) is 5.82. The van der Waals surface area contributed by atoms with Gasteiger partial charge in [0.2, 0.25) is 0 Å². The van der Waals surface area contributed by atoms with Crippen LogP contribution >= 0.6 is 0 Å². The maximum Gasteiger partial charge on any atom is 0.0524 e. The predicted molar refractivity (Wildman–Crippen MR) is 108 cm³/mol. The molecule has 2 rings (SSSR count). The maximum atomic E-state index is 4.57. The first kappa shape index (κ1) is 20.5. The quantitative estimate of drug-likeness (QED) is 0.478. The lowest BCUT2D eigenvalue weighted by atomic mass is 9.97. The van der Waals surface area contributed by atoms with E-state index in [2.05, 4.69) is 48.6 Å². The number of hydrogen-bond acceptors (Lipinski definition) is 2. The number of unbranched alkanes of at least 4 members (excludes halogenated alkanes) is 2. The molecule has 144 valence electrons. The van der Waals surface area contributed by atoms with E-state index in [-0.39, 0.29) is 0 Å². The van der Waals surface area contributed by atoms with Gasteiger partial charge in [-0.1, -0.05) is 59.8 Å². The molecule has 3 nitrogen and oxygen atoms in total. The summed E-state index contributed by atoms with van der Waals surface area (Å²) >= 11 is 0. The van der Waals surface area contributed by atoms with Gasteiger partial charge in [0.05, 0.1) is 6.20 Å². The zero-order valence-electron chi connectivity index (χ0n) is 17.2. The van der Waals surface area contributed by atoms with Gasteiger partial charge in [-0.15, -0.1) is 0 Å². The van der Waals surface area contributed by atoms with Crippen molar-refractivity contribution in [2.24, 2.45) is 11.8 Å². The second-order valence-corrected chi connectivity index (χ2v) is 8.70. The van der Waals surface area contributed by atoms with Gasteiger partial charge < -0.3 is 4.90 Å². The molecule has 0 N–H and O–H groups in total. The van der Waals surface area contributed by atoms with Crippen molar-refractivity contribution < 1.29 is 0 Å². The zero-order chi connectivity index (χ0) is 18.1. The van der Waals surface area contributed by atoms with Crippen LogP contribution in [-0.2, 0) is 6.54 Å². The molecule has 2 heterocycles. The van der Waals surface area contributed by atoms with Crippen LogP contribution in [0.3, 0.4) is 0 Å². The Morgan fingerprint density at radius 3 is 2.72 bits per heavy atom. The Morgan fingerprint density at radius 1 is 1.16 bits per heavy atom. The SMILES string of the molecule is CCCC(C)CCCCCN1CCC[C@@H](Cn2cc(C(C)C)cn2)C1. The summed E-state index contributed by atoms with van der Waals surface area (Å²) in [4.78, 5) is 2.70. The summed E-state index contributed by atoms with van der Waals surface area (Å²) in [7, 11) is 0. The smallest absolute Gasteiger partial charge is 0.0524 e. The number of hydrogen-bond donors (Lipinski definition) is 0. The number of rotatable bonds is 11. The minimum absolute atomic E-state index is 0.580. The Labute approximate surface area is 156 Å². The van der Waals surface area contributed by atoms with Gasteiger partial charge >= 0.3 is 0 Å². The monoisotopic (exact) mass is 347 g/mol. The van der Waals surface area contributed by atoms with Crippen LogP contribution in [0, 0.1) is 11.8 Å². The Hall–Kier alpha value is -0.830. The van der Waals surface area contributed by atoms with Crippen molar-refractivity contribution >= 4 is 0 Å². The zero-order valence-corrected chi connectivity index (χ0v) is 17.2. The van der Waals surface area contributed by atoms with E-state index in [4.69, 9.17) is 0 Å². The molecule has 25 heavy (non-hydrogen) atoms. The summed E-state index contributed by atoms with van der Waals surface area (Å²) in [6, 6.07) is 0. The lowest BCUT2D eigenvalue weighted by Crippen LogP contribution is -2.37. The highest BCUT2D eigenvalue weighted by Gasteiger charge is 2.20. The van der Waals surface area contributed by atoms with Crippen molar-refractivity contribution in [2.75, 3.05) is 19.6 Å². The van der Waals surface area contributed by atoms with E-state index in [9.17, 15) is 0 Å². The highest BCUT2D eigenvalue weighted by molar-refractivity contribution is 5.08. The van der Waals surface area contributed by atoms with Crippen molar-refractivity contribution in [3.63, 3.8) is 0 Å². The van der Waals surface area contributed by atoms with E-state index in [0.29, 0.717) is 5.92 Å². The molecular weight excluding hydrogens is 306 g/mol. The van der Waals surface area contributed by atoms with Crippen molar-refractivity contribution in [1.82, 2.24) is 14.7 Å². The molecule has 0 aromatic carbocycles. The molecule has 1 aromatic rings. The van der Waals surface area contributed by atoms with Gasteiger partial charge in [-0.2, -0.15) is 5.10 Å². The summed E-state index contributed by atoms with van der Waals surface area (Å²) in [6.45, 7) is 14.2. The van der Waals surface area contributed by atoms with Crippen molar-refractivity contribution in [2.45, 2.75) is 91.5 Å². The fraction of sp³-hybridized carbons (Fsp3) is 0.864. The van der Waals surface area contributed by atoms with Crippen LogP contribution < -0.4 is 0 Å². The standard InChI is InChI=1S/C22H41N3/c1-5-10-20(4)11-7-6-8-13-24-14-9-12-21(16-24)17-25-18-22(15-23-25)19(2)3/h15,18-21H,5-14,16-17H2,1-4H3/t20?,21-/m1/s1. The van der Waals surface area contributed by atoms with Gasteiger partial charge in [-0.3, -0.25) is 4.68 Å². The lowest BCUT2D eigenvalue weighted by molar-refractivity contribution is 0.157. The molecule has 2 atom stereocenters. The van der Waals surface area contributed by atoms with Gasteiger partial charge in [0.1, 0.15) is 0 Å². The van der Waals surface area contributed by atoms with E-state index in [1.807, 2.05) is 6.20 Å². The molecule has 1 aromatic heterocycles. The molecule has 1 aliphatic rings. The lowest BCUT2D eigenvalue weighted by Gasteiger charge is -2.32. The average Bonchev–Trinajstić information content (AvgIpc) is 3.04. The second-order valence-electron chi connectivity index (χ2n) is 8.70. The van der Waals surface area contributed by atoms with Crippen LogP contribution in [0.25, 0.3) is 0 Å². The molecule has 1 aliphatic heterocycles. The van der Waals surface area contributed by atoms with Crippen LogP contribution in [-0.4, -0.2) is 34.3 Å². The molecule has 0 amide bonds. The van der Waals surface area contributed by atoms with Crippen LogP contribution in [0.1, 0.15) is 90.5 Å². The number of nitrogens with zero attached hydrogens (tertiary/aromatic N) is 3. The Kier molecular flexibility index (Phi) is 9.02. The molecule has 0 spiro atoms. The molecule has 1 saturated heterocycles. The minimum Gasteiger partial charge on any atom is -0.303 e. The van der Waals surface area contributed by atoms with E-state index in [1.54, 1.807) is 0 Å². The predicted octanol–water partition coefficient (Wildman–Crippen LogP) is 5.72. The van der Waals surface area contributed by atoms with Crippen LogP contribution in [0.5, 0.6) is 0 Å². The molecule has 0 bridgehead atoms. The third-order valence-corrected chi connectivity index (χ3v) is 5.82. The molecular formula is C22H41N3. The summed E-state index contributed by atoms with van der Waals surface area (Å²) in [5.74, 6) is 2.28. The van der Waals surface area contributed by atoms with Crippen LogP contribution in [0.15, 0.2) is 12.4 Å². The molecule has 1 unspecified atom stereocenters. The molecule has 0 saturated carbocycles. The van der Waals surface area contributed by atoms with Gasteiger partial charge in [0.15, 0.2) is 0 Å². The van der Waals surface area contributed by atoms with Crippen molar-refractivity contribution in [3.8, 4) is 0 Å². The maximum absolute atomic E-state index is 4.57. The van der Waals surface area contributed by atoms with Crippen LogP contribution in [0.2, 0.25) is 0 Å². The summed E-state index contributed by atoms with van der Waals surface area (Å²) in [6.07, 6.45) is 15.4. The topological polar surface area (TPSA) is 21.1 Å². The largest absolute Gasteiger partial charge is 0.303 e. The minimum atomic E-state index is 0.580. The molecule has 3 heteroatoms. The molecule has 1 fully saturated rings. The summed E-state index contributed by atoms with van der Waals surface area (Å²) < 4.78 is 2.18. The fourth-order valence-corrected chi connectivity index (χ4v) is 4.19. The van der Waals surface area contributed by atoms with Gasteiger partial charge in [0, 0.05) is 19.3 Å². The highest BCUT2D eigenvalue weighted by atomic mass is 15.3. The van der Waals surface area contributed by atoms with Crippen molar-refractivity contribution in [3.05, 3.63) is 18.0 Å². The Bertz CT molecular complexity index is 466. The summed E-state index contributed by atoms with van der Waals surface area (Å²) in [5.41, 5.74) is 1.37. The first-order valence-corrected chi connectivity index (χ1v) is 10.8. The number of aromatic nitrogens is 2. The Balaban J connectivity index is 1.63. The Morgan fingerprint density at radius 2 is 2.00 bits per heavy atom. The van der Waals surface area contributed by atoms with Gasteiger partial charge in [-0.05, 0) is 55.7 Å². The van der Waals surface area contributed by atoms with Crippen molar-refractivity contribution in [1.29, 1.82) is 0 Å². The highest BCUT2D eigenvalue weighted by Crippen LogP contribution is 2.21. The average molecular weight is 348 g/mol. The fourth-order valence-electron chi connectivity index (χ4n) is 4.19. The van der Waals surface area contributed by atoms with E-state index >= 15 is 0 Å². The van der Waals surface area contributed by atoms with Gasteiger partial charge in [-0.25, -0.2) is 0 Å². The van der Waals surface area contributed by atoms with E-state index in [1.165, 1.54) is 76.6 Å². The summed E-state index contributed by atoms with van der Waals surface area (Å²) in [5, 5.41) is 4.57. The van der Waals surface area contributed by atoms with Crippen LogP contribution in [0.4, 0.5) is 0 Å². The molecule has 0 aliphatic carbocycles. The van der Waals surface area contributed by atoms with E-state index < -0.39 is 0 Å². The normalized spacial score (nSPS) is 20.3. The first-order valence-electron chi connectivity index (χ1n) is 10.8. The number of piperidine rings is 1. The number of likely N-dealkylation sites (tertiary alicyclic amines) is 1.